The summed E-state index contributed by atoms with van der Waals surface area (Å²) >= 11 is 0. The molecule has 1 N–H and O–H groups in total. The van der Waals surface area contributed by atoms with Gasteiger partial charge >= 0.3 is 0 Å². The second-order valence-electron chi connectivity index (χ2n) is 4.97. The smallest absolute Gasteiger partial charge is 0.227 e. The van der Waals surface area contributed by atoms with E-state index in [0.717, 1.165) is 42.3 Å². The number of nitrogens with one attached hydrogen (secondary N) is 1. The predicted octanol–water partition coefficient (Wildman–Crippen LogP) is 3.05. The van der Waals surface area contributed by atoms with Gasteiger partial charge in [-0.2, -0.15) is 4.98 Å². The average Bonchev–Trinajstić information content (AvgIpc) is 2.48. The van der Waals surface area contributed by atoms with Crippen LogP contribution in [0.3, 0.4) is 0 Å². The lowest BCUT2D eigenvalue weighted by molar-refractivity contribution is 0.569. The molecule has 1 fully saturated rings. The van der Waals surface area contributed by atoms with Crippen LogP contribution in [0.2, 0.25) is 0 Å². The van der Waals surface area contributed by atoms with Gasteiger partial charge in [0.15, 0.2) is 0 Å². The van der Waals surface area contributed by atoms with Gasteiger partial charge in [0, 0.05) is 25.0 Å². The van der Waals surface area contributed by atoms with Crippen molar-refractivity contribution in [3.05, 3.63) is 24.3 Å². The van der Waals surface area contributed by atoms with Crippen molar-refractivity contribution in [1.29, 1.82) is 0 Å². The van der Waals surface area contributed by atoms with Gasteiger partial charge < -0.3 is 10.2 Å². The number of benzene rings is 1. The number of nitrogens with zero attached hydrogens (tertiary/aromatic N) is 3. The molecule has 0 atom stereocenters. The average molecular weight is 256 g/mol. The molecule has 1 aromatic heterocycles. The Hall–Kier alpha value is -1.84. The number of rotatable bonds is 3. The highest BCUT2D eigenvalue weighted by molar-refractivity contribution is 5.90. The maximum atomic E-state index is 4.72. The van der Waals surface area contributed by atoms with E-state index in [1.165, 1.54) is 19.3 Å². The molecule has 100 valence electrons. The molecule has 0 bridgehead atoms. The van der Waals surface area contributed by atoms with E-state index < -0.39 is 0 Å². The van der Waals surface area contributed by atoms with Crippen LogP contribution in [0.1, 0.15) is 26.2 Å². The number of hydrogen-bond donors (Lipinski definition) is 1. The van der Waals surface area contributed by atoms with E-state index in [1.807, 2.05) is 12.1 Å². The van der Waals surface area contributed by atoms with Crippen LogP contribution < -0.4 is 10.2 Å². The summed E-state index contributed by atoms with van der Waals surface area (Å²) in [5, 5.41) is 4.45. The van der Waals surface area contributed by atoms with Crippen molar-refractivity contribution in [2.75, 3.05) is 29.9 Å². The third-order valence-corrected chi connectivity index (χ3v) is 3.57. The van der Waals surface area contributed by atoms with Crippen molar-refractivity contribution in [3.63, 3.8) is 0 Å². The molecule has 2 aromatic rings. The molecular formula is C15H20N4. The Bertz CT molecular complexity index is 561. The van der Waals surface area contributed by atoms with Crippen LogP contribution in [0.5, 0.6) is 0 Å². The van der Waals surface area contributed by atoms with Crippen molar-refractivity contribution in [2.24, 2.45) is 0 Å². The molecule has 0 saturated carbocycles. The molecule has 0 amide bonds. The second kappa shape index (κ2) is 5.43. The number of anilines is 2. The summed E-state index contributed by atoms with van der Waals surface area (Å²) in [6.45, 7) is 5.12. The van der Waals surface area contributed by atoms with Crippen molar-refractivity contribution in [3.8, 4) is 0 Å². The highest BCUT2D eigenvalue weighted by Gasteiger charge is 2.15. The zero-order valence-electron chi connectivity index (χ0n) is 11.4. The lowest BCUT2D eigenvalue weighted by atomic mass is 10.1. The fraction of sp³-hybridized carbons (Fsp3) is 0.467. The first kappa shape index (κ1) is 12.2. The summed E-state index contributed by atoms with van der Waals surface area (Å²) in [7, 11) is 0. The Kier molecular flexibility index (Phi) is 3.49. The molecule has 2 heterocycles. The summed E-state index contributed by atoms with van der Waals surface area (Å²) in [4.78, 5) is 11.7. The van der Waals surface area contributed by atoms with Crippen LogP contribution in [0.25, 0.3) is 10.9 Å². The molecule has 0 aliphatic carbocycles. The van der Waals surface area contributed by atoms with Crippen molar-refractivity contribution in [2.45, 2.75) is 26.2 Å². The van der Waals surface area contributed by atoms with Crippen LogP contribution >= 0.6 is 0 Å². The molecule has 4 heteroatoms. The van der Waals surface area contributed by atoms with E-state index in [4.69, 9.17) is 9.97 Å². The molecule has 1 saturated heterocycles. The van der Waals surface area contributed by atoms with Crippen molar-refractivity contribution < 1.29 is 0 Å². The van der Waals surface area contributed by atoms with Crippen molar-refractivity contribution in [1.82, 2.24) is 9.97 Å². The fourth-order valence-electron chi connectivity index (χ4n) is 2.60. The number of hydrogen-bond acceptors (Lipinski definition) is 4. The maximum absolute atomic E-state index is 4.72. The highest BCUT2D eigenvalue weighted by atomic mass is 15.3. The Morgan fingerprint density at radius 3 is 2.68 bits per heavy atom. The summed E-state index contributed by atoms with van der Waals surface area (Å²) in [5.41, 5.74) is 1.02. The van der Waals surface area contributed by atoms with Gasteiger partial charge in [0.05, 0.1) is 5.52 Å². The predicted molar refractivity (Wildman–Crippen MR) is 79.8 cm³/mol. The number of piperidine rings is 1. The molecule has 1 aliphatic rings. The minimum Gasteiger partial charge on any atom is -0.370 e. The monoisotopic (exact) mass is 256 g/mol. The van der Waals surface area contributed by atoms with E-state index in [-0.39, 0.29) is 0 Å². The Morgan fingerprint density at radius 1 is 1.11 bits per heavy atom. The van der Waals surface area contributed by atoms with Gasteiger partial charge in [-0.15, -0.1) is 0 Å². The topological polar surface area (TPSA) is 41.1 Å². The zero-order valence-corrected chi connectivity index (χ0v) is 11.4. The summed E-state index contributed by atoms with van der Waals surface area (Å²) < 4.78 is 0. The van der Waals surface area contributed by atoms with Crippen LogP contribution in [0, 0.1) is 0 Å². The molecule has 0 unspecified atom stereocenters. The van der Waals surface area contributed by atoms with Gasteiger partial charge in [0.1, 0.15) is 5.82 Å². The van der Waals surface area contributed by atoms with E-state index in [9.17, 15) is 0 Å². The normalized spacial score (nSPS) is 15.7. The zero-order chi connectivity index (χ0) is 13.1. The molecular weight excluding hydrogens is 236 g/mol. The first-order chi connectivity index (χ1) is 9.38. The van der Waals surface area contributed by atoms with E-state index >= 15 is 0 Å². The standard InChI is InChI=1S/C15H20N4/c1-2-16-14-12-8-4-5-9-13(12)17-15(18-14)19-10-6-3-7-11-19/h4-5,8-9H,2-3,6-7,10-11H2,1H3,(H,16,17,18). The van der Waals surface area contributed by atoms with E-state index in [2.05, 4.69) is 29.3 Å². The Labute approximate surface area is 113 Å². The third kappa shape index (κ3) is 2.48. The van der Waals surface area contributed by atoms with Gasteiger partial charge in [0.2, 0.25) is 5.95 Å². The Balaban J connectivity index is 2.04. The molecule has 1 aliphatic heterocycles. The van der Waals surface area contributed by atoms with E-state index in [0.29, 0.717) is 0 Å². The summed E-state index contributed by atoms with van der Waals surface area (Å²) in [5.74, 6) is 1.82. The first-order valence-electron chi connectivity index (χ1n) is 7.14. The molecule has 19 heavy (non-hydrogen) atoms. The minimum absolute atomic E-state index is 0.870. The van der Waals surface area contributed by atoms with Gasteiger partial charge in [-0.05, 0) is 38.3 Å². The third-order valence-electron chi connectivity index (χ3n) is 3.57. The van der Waals surface area contributed by atoms with Gasteiger partial charge in [-0.1, -0.05) is 12.1 Å². The highest BCUT2D eigenvalue weighted by Crippen LogP contribution is 2.24. The largest absolute Gasteiger partial charge is 0.370 e. The lowest BCUT2D eigenvalue weighted by Gasteiger charge is -2.27. The quantitative estimate of drug-likeness (QED) is 0.916. The number of para-hydroxylation sites is 1. The van der Waals surface area contributed by atoms with Gasteiger partial charge in [-0.25, -0.2) is 4.98 Å². The van der Waals surface area contributed by atoms with Crippen LogP contribution in [-0.2, 0) is 0 Å². The SMILES string of the molecule is CCNc1nc(N2CCCCC2)nc2ccccc12. The second-order valence-corrected chi connectivity index (χ2v) is 4.97. The first-order valence-corrected chi connectivity index (χ1v) is 7.14. The fourth-order valence-corrected chi connectivity index (χ4v) is 2.60. The van der Waals surface area contributed by atoms with Crippen LogP contribution in [-0.4, -0.2) is 29.6 Å². The minimum atomic E-state index is 0.870. The molecule has 0 spiro atoms. The molecule has 1 aromatic carbocycles. The Morgan fingerprint density at radius 2 is 1.89 bits per heavy atom. The number of fused-ring (bicyclic) bond motifs is 1. The number of aromatic nitrogens is 2. The molecule has 4 nitrogen and oxygen atoms in total. The lowest BCUT2D eigenvalue weighted by Crippen LogP contribution is -2.31. The van der Waals surface area contributed by atoms with Gasteiger partial charge in [0.25, 0.3) is 0 Å². The van der Waals surface area contributed by atoms with E-state index in [1.54, 1.807) is 0 Å². The summed E-state index contributed by atoms with van der Waals surface area (Å²) in [6.07, 6.45) is 3.81. The molecule has 3 rings (SSSR count). The van der Waals surface area contributed by atoms with Crippen LogP contribution in [0.4, 0.5) is 11.8 Å². The maximum Gasteiger partial charge on any atom is 0.227 e. The van der Waals surface area contributed by atoms with Crippen LogP contribution in [0.15, 0.2) is 24.3 Å². The van der Waals surface area contributed by atoms with Crippen molar-refractivity contribution >= 4 is 22.7 Å². The van der Waals surface area contributed by atoms with Gasteiger partial charge in [-0.3, -0.25) is 0 Å². The molecule has 0 radical (unpaired) electrons. The summed E-state index contributed by atoms with van der Waals surface area (Å²) in [6, 6.07) is 8.21.